The van der Waals surface area contributed by atoms with E-state index in [0.717, 1.165) is 55.2 Å². The minimum atomic E-state index is -0.478. The largest absolute Gasteiger partial charge is 2.00 e. The number of rotatable bonds is 2. The van der Waals surface area contributed by atoms with Crippen molar-refractivity contribution in [2.45, 2.75) is 52.4 Å². The molecule has 268 valence electrons. The van der Waals surface area contributed by atoms with Gasteiger partial charge < -0.3 is 4.98 Å². The van der Waals surface area contributed by atoms with Gasteiger partial charge in [0.1, 0.15) is 11.6 Å². The Morgan fingerprint density at radius 2 is 0.907 bits per heavy atom. The molecule has 0 N–H and O–H groups in total. The van der Waals surface area contributed by atoms with Gasteiger partial charge >= 0.3 is 21.1 Å². The maximum Gasteiger partial charge on any atom is 2.00 e. The molecule has 8 bridgehead atoms. The van der Waals surface area contributed by atoms with E-state index < -0.39 is 11.6 Å². The normalized spacial score (nSPS) is 12.3. The molecule has 1 aliphatic rings. The summed E-state index contributed by atoms with van der Waals surface area (Å²) in [6, 6.07) is 40.2. The van der Waals surface area contributed by atoms with E-state index >= 15 is 8.78 Å². The fourth-order valence-electron chi connectivity index (χ4n) is 7.38. The molecule has 0 amide bonds. The van der Waals surface area contributed by atoms with Crippen LogP contribution in [0.5, 0.6) is 0 Å². The van der Waals surface area contributed by atoms with E-state index in [1.54, 1.807) is 18.2 Å². The van der Waals surface area contributed by atoms with Gasteiger partial charge in [-0.15, -0.1) is 35.3 Å². The van der Waals surface area contributed by atoms with Crippen molar-refractivity contribution in [3.05, 3.63) is 144 Å². The Morgan fingerprint density at radius 3 is 1.30 bits per heavy atom. The van der Waals surface area contributed by atoms with Gasteiger partial charge in [0.05, 0.1) is 11.4 Å². The van der Waals surface area contributed by atoms with E-state index in [1.165, 1.54) is 0 Å². The van der Waals surface area contributed by atoms with Crippen LogP contribution in [0.3, 0.4) is 0 Å². The Hall–Kier alpha value is -5.25. The third kappa shape index (κ3) is 5.90. The molecular formula is C48H37F2N3Pt. The van der Waals surface area contributed by atoms with Gasteiger partial charge in [0.15, 0.2) is 0 Å². The van der Waals surface area contributed by atoms with Crippen LogP contribution >= 0.6 is 0 Å². The summed E-state index contributed by atoms with van der Waals surface area (Å²) in [7, 11) is 0. The summed E-state index contributed by atoms with van der Waals surface area (Å²) < 4.78 is 33.9. The topological polar surface area (TPSA) is 39.9 Å². The number of benzene rings is 5. The van der Waals surface area contributed by atoms with Gasteiger partial charge in [-0.25, -0.2) is 8.78 Å². The van der Waals surface area contributed by atoms with Crippen molar-refractivity contribution in [2.75, 3.05) is 0 Å². The van der Waals surface area contributed by atoms with Crippen molar-refractivity contribution in [3.8, 4) is 67.3 Å². The molecule has 9 rings (SSSR count). The molecule has 0 saturated heterocycles. The maximum absolute atomic E-state index is 17.0. The summed E-state index contributed by atoms with van der Waals surface area (Å²) in [5.74, 6) is -0.956. The molecule has 0 aliphatic carbocycles. The van der Waals surface area contributed by atoms with Crippen LogP contribution in [0.1, 0.15) is 52.7 Å². The van der Waals surface area contributed by atoms with Crippen LogP contribution < -0.4 is 4.98 Å². The zero-order valence-corrected chi connectivity index (χ0v) is 33.2. The molecule has 0 fully saturated rings. The van der Waals surface area contributed by atoms with E-state index in [1.807, 2.05) is 72.8 Å². The molecule has 0 radical (unpaired) electrons. The van der Waals surface area contributed by atoms with Crippen LogP contribution in [0.4, 0.5) is 8.78 Å². The van der Waals surface area contributed by atoms with Gasteiger partial charge in [-0.05, 0) is 67.1 Å². The molecule has 0 atom stereocenters. The fourth-order valence-corrected chi connectivity index (χ4v) is 7.38. The number of nitrogens with zero attached hydrogens (tertiary/aromatic N) is 3. The van der Waals surface area contributed by atoms with Crippen LogP contribution in [0.25, 0.3) is 89.1 Å². The van der Waals surface area contributed by atoms with E-state index in [-0.39, 0.29) is 43.3 Å². The molecule has 0 unspecified atom stereocenters. The molecule has 5 aromatic carbocycles. The fraction of sp³-hybridized carbons (Fsp3) is 0.167. The standard InChI is InChI=1S/C48H37F2N3.Pt/c1-47(2,3)31-21-35-36-22-32(48(4,5)6)24-38-40-26-34(28-16-11-8-12-17-28)42(50)44(52-40)30-19-13-18-29(20-30)43-41(49)33(27-14-9-7-10-15-27)25-39(51-43)37(23-31)45(35)53-46(36)38;/h7-19,21-26H,1-6H3;/q-2;+2. The third-order valence-corrected chi connectivity index (χ3v) is 10.4. The van der Waals surface area contributed by atoms with Crippen molar-refractivity contribution < 1.29 is 29.8 Å². The van der Waals surface area contributed by atoms with Gasteiger partial charge in [-0.1, -0.05) is 138 Å². The molecule has 3 aromatic heterocycles. The molecule has 0 spiro atoms. The van der Waals surface area contributed by atoms with Crippen molar-refractivity contribution in [2.24, 2.45) is 0 Å². The van der Waals surface area contributed by atoms with Gasteiger partial charge in [0.2, 0.25) is 0 Å². The molecular weight excluding hydrogens is 852 g/mol. The Kier molecular flexibility index (Phi) is 8.58. The zero-order chi connectivity index (χ0) is 36.8. The van der Waals surface area contributed by atoms with Crippen molar-refractivity contribution in [1.82, 2.24) is 15.0 Å². The first-order chi connectivity index (χ1) is 25.3. The number of pyridine rings is 2. The van der Waals surface area contributed by atoms with Gasteiger partial charge in [-0.3, -0.25) is 9.97 Å². The summed E-state index contributed by atoms with van der Waals surface area (Å²) in [6.45, 7) is 13.2. The van der Waals surface area contributed by atoms with Crippen LogP contribution in [0.2, 0.25) is 0 Å². The Bertz CT molecular complexity index is 2570. The van der Waals surface area contributed by atoms with Gasteiger partial charge in [0.25, 0.3) is 0 Å². The zero-order valence-electron chi connectivity index (χ0n) is 30.9. The average molecular weight is 889 g/mol. The van der Waals surface area contributed by atoms with Gasteiger partial charge in [-0.2, -0.15) is 0 Å². The Balaban J connectivity index is 0.00000413. The monoisotopic (exact) mass is 888 g/mol. The molecule has 1 aliphatic heterocycles. The number of aromatic nitrogens is 3. The third-order valence-electron chi connectivity index (χ3n) is 10.4. The maximum atomic E-state index is 17.0. The van der Waals surface area contributed by atoms with Crippen LogP contribution in [0, 0.1) is 17.7 Å². The van der Waals surface area contributed by atoms with Crippen molar-refractivity contribution in [3.63, 3.8) is 0 Å². The molecule has 6 heteroatoms. The van der Waals surface area contributed by atoms with Crippen LogP contribution in [-0.2, 0) is 31.9 Å². The average Bonchev–Trinajstić information content (AvgIpc) is 3.53. The minimum absolute atomic E-state index is 0. The SMILES string of the molecule is CC(C)(C)c1cc2c3[n-]c4c(cc(C(C)(C)C)cc4c3c1)-c1cc(-c3ccccc3)c(F)c(n1)-c1[c-]c(ccc1)-c1nc-2cc(-c2ccccc2)c1F.[Pt+2]. The first-order valence-electron chi connectivity index (χ1n) is 18.0. The predicted octanol–water partition coefficient (Wildman–Crippen LogP) is 12.7. The summed E-state index contributed by atoms with van der Waals surface area (Å²) >= 11 is 0. The second-order valence-electron chi connectivity index (χ2n) is 16.1. The summed E-state index contributed by atoms with van der Waals surface area (Å²) in [6.07, 6.45) is 0. The summed E-state index contributed by atoms with van der Waals surface area (Å²) in [5.41, 5.74) is 9.48. The predicted molar refractivity (Wildman–Crippen MR) is 213 cm³/mol. The summed E-state index contributed by atoms with van der Waals surface area (Å²) in [5, 5.41) is 1.97. The second kappa shape index (κ2) is 13.0. The molecule has 0 saturated carbocycles. The number of fused-ring (bicyclic) bond motifs is 11. The van der Waals surface area contributed by atoms with Crippen molar-refractivity contribution in [1.29, 1.82) is 0 Å². The molecule has 3 nitrogen and oxygen atoms in total. The molecule has 54 heavy (non-hydrogen) atoms. The Morgan fingerprint density at radius 1 is 0.500 bits per heavy atom. The van der Waals surface area contributed by atoms with Crippen LogP contribution in [0.15, 0.2) is 115 Å². The smallest absolute Gasteiger partial charge is 0.656 e. The van der Waals surface area contributed by atoms with E-state index in [2.05, 4.69) is 71.9 Å². The van der Waals surface area contributed by atoms with E-state index in [0.29, 0.717) is 33.6 Å². The first-order valence-corrected chi connectivity index (χ1v) is 18.0. The van der Waals surface area contributed by atoms with Gasteiger partial charge in [0, 0.05) is 22.5 Å². The number of hydrogen-bond acceptors (Lipinski definition) is 2. The summed E-state index contributed by atoms with van der Waals surface area (Å²) in [4.78, 5) is 15.6. The number of halogens is 2. The minimum Gasteiger partial charge on any atom is -0.656 e. The van der Waals surface area contributed by atoms with E-state index in [4.69, 9.17) is 15.0 Å². The second-order valence-corrected chi connectivity index (χ2v) is 16.1. The quantitative estimate of drug-likeness (QED) is 0.162. The van der Waals surface area contributed by atoms with Crippen LogP contribution in [-0.4, -0.2) is 9.97 Å². The molecule has 4 heterocycles. The van der Waals surface area contributed by atoms with Crippen molar-refractivity contribution >= 4 is 21.8 Å². The Labute approximate surface area is 328 Å². The van der Waals surface area contributed by atoms with E-state index in [9.17, 15) is 0 Å². The molecule has 8 aromatic rings. The first kappa shape index (κ1) is 35.8. The number of hydrogen-bond donors (Lipinski definition) is 0.